The molecule has 5 nitrogen and oxygen atoms in total. The highest BCUT2D eigenvalue weighted by Crippen LogP contribution is 2.29. The first-order valence-corrected chi connectivity index (χ1v) is 6.90. The van der Waals surface area contributed by atoms with E-state index in [1.807, 2.05) is 12.1 Å². The molecule has 0 radical (unpaired) electrons. The molecule has 0 unspecified atom stereocenters. The normalized spacial score (nSPS) is 14.8. The number of para-hydroxylation sites is 1. The van der Waals surface area contributed by atoms with Crippen molar-refractivity contribution in [3.05, 3.63) is 69.8 Å². The summed E-state index contributed by atoms with van der Waals surface area (Å²) in [6.07, 6.45) is 0.334. The maximum atomic E-state index is 10.6. The monoisotopic (exact) mass is 284 g/mol. The van der Waals surface area contributed by atoms with E-state index in [2.05, 4.69) is 17.0 Å². The molecule has 0 spiro atoms. The fraction of sp³-hybridized carbons (Fsp3) is 0.250. The van der Waals surface area contributed by atoms with Crippen LogP contribution < -0.4 is 4.90 Å². The molecule has 5 heteroatoms. The van der Waals surface area contributed by atoms with Gasteiger partial charge in [-0.25, -0.2) is 0 Å². The van der Waals surface area contributed by atoms with Crippen molar-refractivity contribution >= 4 is 11.4 Å². The first kappa shape index (κ1) is 13.6. The van der Waals surface area contributed by atoms with Gasteiger partial charge in [0.2, 0.25) is 0 Å². The highest BCUT2D eigenvalue weighted by molar-refractivity contribution is 5.58. The number of rotatable bonds is 4. The standard InChI is InChI=1S/C16H16N2O3/c19-16(13-5-7-14(8-6-13)18(20)21)11-17-10-9-12-3-1-2-4-15(12)17/h1-8,16,19H,9-11H2/t16-/m0/s1. The Morgan fingerprint density at radius 3 is 2.62 bits per heavy atom. The van der Waals surface area contributed by atoms with Crippen molar-refractivity contribution in [1.29, 1.82) is 0 Å². The van der Waals surface area contributed by atoms with Crippen molar-refractivity contribution in [2.75, 3.05) is 18.0 Å². The lowest BCUT2D eigenvalue weighted by Gasteiger charge is -2.23. The van der Waals surface area contributed by atoms with E-state index < -0.39 is 11.0 Å². The summed E-state index contributed by atoms with van der Waals surface area (Å²) in [7, 11) is 0. The number of hydrogen-bond donors (Lipinski definition) is 1. The van der Waals surface area contributed by atoms with Crippen molar-refractivity contribution in [2.24, 2.45) is 0 Å². The van der Waals surface area contributed by atoms with Crippen molar-refractivity contribution in [2.45, 2.75) is 12.5 Å². The highest BCUT2D eigenvalue weighted by Gasteiger charge is 2.21. The zero-order valence-electron chi connectivity index (χ0n) is 11.5. The van der Waals surface area contributed by atoms with E-state index in [0.717, 1.165) is 13.0 Å². The molecule has 0 aliphatic carbocycles. The van der Waals surface area contributed by atoms with Gasteiger partial charge in [-0.2, -0.15) is 0 Å². The lowest BCUT2D eigenvalue weighted by atomic mass is 10.1. The first-order chi connectivity index (χ1) is 10.1. The van der Waals surface area contributed by atoms with Crippen LogP contribution in [0.1, 0.15) is 17.2 Å². The molecular weight excluding hydrogens is 268 g/mol. The number of nitrogens with zero attached hydrogens (tertiary/aromatic N) is 2. The van der Waals surface area contributed by atoms with Gasteiger partial charge in [0.25, 0.3) is 5.69 Å². The Bertz CT molecular complexity index is 655. The van der Waals surface area contributed by atoms with Crippen LogP contribution in [0.4, 0.5) is 11.4 Å². The summed E-state index contributed by atoms with van der Waals surface area (Å²) in [6.45, 7) is 1.39. The van der Waals surface area contributed by atoms with Crippen LogP contribution in [0.15, 0.2) is 48.5 Å². The van der Waals surface area contributed by atoms with Crippen LogP contribution in [-0.2, 0) is 6.42 Å². The van der Waals surface area contributed by atoms with Gasteiger partial charge in [-0.05, 0) is 35.7 Å². The summed E-state index contributed by atoms with van der Waals surface area (Å²) in [5, 5.41) is 21.0. The molecule has 1 atom stereocenters. The molecule has 1 aliphatic rings. The van der Waals surface area contributed by atoms with Crippen LogP contribution in [0.2, 0.25) is 0 Å². The molecule has 0 aromatic heterocycles. The van der Waals surface area contributed by atoms with Gasteiger partial charge in [0, 0.05) is 30.9 Å². The van der Waals surface area contributed by atoms with E-state index in [9.17, 15) is 15.2 Å². The highest BCUT2D eigenvalue weighted by atomic mass is 16.6. The van der Waals surface area contributed by atoms with Gasteiger partial charge in [-0.1, -0.05) is 18.2 Å². The minimum absolute atomic E-state index is 0.0393. The summed E-state index contributed by atoms with van der Waals surface area (Å²) < 4.78 is 0. The molecule has 1 heterocycles. The van der Waals surface area contributed by atoms with Crippen molar-refractivity contribution in [3.8, 4) is 0 Å². The molecule has 0 fully saturated rings. The number of aliphatic hydroxyl groups is 1. The molecule has 1 aliphatic heterocycles. The Balaban J connectivity index is 1.72. The number of fused-ring (bicyclic) bond motifs is 1. The van der Waals surface area contributed by atoms with E-state index in [0.29, 0.717) is 12.1 Å². The number of nitro benzene ring substituents is 1. The predicted octanol–water partition coefficient (Wildman–Crippen LogP) is 2.69. The Kier molecular flexibility index (Phi) is 3.58. The molecule has 0 saturated carbocycles. The summed E-state index contributed by atoms with van der Waals surface area (Å²) in [4.78, 5) is 12.3. The number of aliphatic hydroxyl groups excluding tert-OH is 1. The Labute approximate surface area is 122 Å². The molecule has 3 rings (SSSR count). The number of hydrogen-bond acceptors (Lipinski definition) is 4. The van der Waals surface area contributed by atoms with Gasteiger partial charge in [-0.15, -0.1) is 0 Å². The molecule has 2 aromatic carbocycles. The van der Waals surface area contributed by atoms with Crippen LogP contribution in [0.25, 0.3) is 0 Å². The molecule has 1 N–H and O–H groups in total. The summed E-state index contributed by atoms with van der Waals surface area (Å²) in [5.74, 6) is 0. The quantitative estimate of drug-likeness (QED) is 0.692. The summed E-state index contributed by atoms with van der Waals surface area (Å²) in [5.41, 5.74) is 3.20. The van der Waals surface area contributed by atoms with Crippen molar-refractivity contribution < 1.29 is 10.0 Å². The second-order valence-electron chi connectivity index (χ2n) is 5.19. The second-order valence-corrected chi connectivity index (χ2v) is 5.19. The fourth-order valence-electron chi connectivity index (χ4n) is 2.73. The molecule has 0 saturated heterocycles. The van der Waals surface area contributed by atoms with Gasteiger partial charge in [-0.3, -0.25) is 10.1 Å². The van der Waals surface area contributed by atoms with E-state index in [-0.39, 0.29) is 5.69 Å². The molecule has 21 heavy (non-hydrogen) atoms. The molecule has 2 aromatic rings. The van der Waals surface area contributed by atoms with E-state index in [4.69, 9.17) is 0 Å². The van der Waals surface area contributed by atoms with E-state index >= 15 is 0 Å². The van der Waals surface area contributed by atoms with Crippen LogP contribution in [0.5, 0.6) is 0 Å². The van der Waals surface area contributed by atoms with E-state index in [1.165, 1.54) is 23.4 Å². The lowest BCUT2D eigenvalue weighted by Crippen LogP contribution is -2.26. The van der Waals surface area contributed by atoms with Gasteiger partial charge in [0.15, 0.2) is 0 Å². The lowest BCUT2D eigenvalue weighted by molar-refractivity contribution is -0.384. The Morgan fingerprint density at radius 2 is 1.90 bits per heavy atom. The Morgan fingerprint density at radius 1 is 1.19 bits per heavy atom. The predicted molar refractivity (Wildman–Crippen MR) is 80.4 cm³/mol. The number of non-ortho nitro benzene ring substituents is 1. The SMILES string of the molecule is O=[N+]([O-])c1ccc([C@@H](O)CN2CCc3ccccc32)cc1. The number of anilines is 1. The van der Waals surface area contributed by atoms with E-state index in [1.54, 1.807) is 12.1 Å². The number of benzene rings is 2. The molecular formula is C16H16N2O3. The Hall–Kier alpha value is -2.40. The summed E-state index contributed by atoms with van der Waals surface area (Å²) >= 11 is 0. The molecule has 0 bridgehead atoms. The fourth-order valence-corrected chi connectivity index (χ4v) is 2.73. The average Bonchev–Trinajstić information content (AvgIpc) is 2.91. The average molecular weight is 284 g/mol. The van der Waals surface area contributed by atoms with Crippen molar-refractivity contribution in [3.63, 3.8) is 0 Å². The van der Waals surface area contributed by atoms with Crippen LogP contribution in [0.3, 0.4) is 0 Å². The van der Waals surface area contributed by atoms with Crippen LogP contribution >= 0.6 is 0 Å². The topological polar surface area (TPSA) is 66.6 Å². The second kappa shape index (κ2) is 5.54. The van der Waals surface area contributed by atoms with Gasteiger partial charge >= 0.3 is 0 Å². The zero-order chi connectivity index (χ0) is 14.8. The number of β-amino-alcohol motifs (C(OH)–C–C–N with tert-alkyl or cyclic N) is 1. The third-order valence-electron chi connectivity index (χ3n) is 3.87. The maximum absolute atomic E-state index is 10.6. The van der Waals surface area contributed by atoms with Crippen LogP contribution in [0, 0.1) is 10.1 Å². The third-order valence-corrected chi connectivity index (χ3v) is 3.87. The first-order valence-electron chi connectivity index (χ1n) is 6.90. The van der Waals surface area contributed by atoms with Gasteiger partial charge in [0.05, 0.1) is 11.0 Å². The minimum atomic E-state index is -0.656. The summed E-state index contributed by atoms with van der Waals surface area (Å²) in [6, 6.07) is 14.3. The van der Waals surface area contributed by atoms with Crippen molar-refractivity contribution in [1.82, 2.24) is 0 Å². The van der Waals surface area contributed by atoms with Crippen LogP contribution in [-0.4, -0.2) is 23.1 Å². The van der Waals surface area contributed by atoms with Gasteiger partial charge < -0.3 is 10.0 Å². The maximum Gasteiger partial charge on any atom is 0.269 e. The van der Waals surface area contributed by atoms with Gasteiger partial charge in [0.1, 0.15) is 0 Å². The third kappa shape index (κ3) is 2.73. The largest absolute Gasteiger partial charge is 0.387 e. The smallest absolute Gasteiger partial charge is 0.269 e. The molecule has 108 valence electrons. The zero-order valence-corrected chi connectivity index (χ0v) is 11.5. The molecule has 0 amide bonds. The minimum Gasteiger partial charge on any atom is -0.387 e. The number of nitro groups is 1.